The van der Waals surface area contributed by atoms with Gasteiger partial charge in [-0.3, -0.25) is 4.79 Å². The van der Waals surface area contributed by atoms with Gasteiger partial charge in [-0.15, -0.1) is 0 Å². The van der Waals surface area contributed by atoms with Crippen LogP contribution >= 0.6 is 23.2 Å². The number of rotatable bonds is 8. The van der Waals surface area contributed by atoms with Gasteiger partial charge in [0.25, 0.3) is 0 Å². The monoisotopic (exact) mass is 356 g/mol. The predicted molar refractivity (Wildman–Crippen MR) is 91.2 cm³/mol. The molecule has 2 N–H and O–H groups in total. The van der Waals surface area contributed by atoms with Crippen molar-refractivity contribution in [3.8, 4) is 0 Å². The van der Waals surface area contributed by atoms with Crippen LogP contribution in [0.1, 0.15) is 5.56 Å². The van der Waals surface area contributed by atoms with E-state index in [1.807, 2.05) is 6.07 Å². The third kappa shape index (κ3) is 5.51. The highest BCUT2D eigenvalue weighted by molar-refractivity contribution is 6.35. The van der Waals surface area contributed by atoms with Gasteiger partial charge in [-0.2, -0.15) is 5.10 Å². The molecule has 1 aromatic heterocycles. The van der Waals surface area contributed by atoms with E-state index in [0.29, 0.717) is 35.6 Å². The van der Waals surface area contributed by atoms with Crippen molar-refractivity contribution in [2.75, 3.05) is 32.1 Å². The summed E-state index contributed by atoms with van der Waals surface area (Å²) in [5, 5.41) is 11.1. The van der Waals surface area contributed by atoms with Crippen LogP contribution in [0.4, 0.5) is 5.82 Å². The summed E-state index contributed by atoms with van der Waals surface area (Å²) in [6.45, 7) is 1.82. The minimum Gasteiger partial charge on any atom is -0.383 e. The summed E-state index contributed by atoms with van der Waals surface area (Å²) in [6, 6.07) is 7.02. The minimum atomic E-state index is -0.148. The fraction of sp³-hybridized carbons (Fsp3) is 0.333. The zero-order valence-electron chi connectivity index (χ0n) is 12.7. The first-order valence-corrected chi connectivity index (χ1v) is 7.81. The predicted octanol–water partition coefficient (Wildman–Crippen LogP) is 2.41. The molecule has 6 nitrogen and oxygen atoms in total. The summed E-state index contributed by atoms with van der Waals surface area (Å²) in [6.07, 6.45) is 1.62. The molecule has 0 radical (unpaired) electrons. The molecule has 2 aromatic rings. The van der Waals surface area contributed by atoms with E-state index in [2.05, 4.69) is 15.7 Å². The van der Waals surface area contributed by atoms with Crippen molar-refractivity contribution in [2.45, 2.75) is 6.54 Å². The van der Waals surface area contributed by atoms with Crippen molar-refractivity contribution in [1.82, 2.24) is 15.1 Å². The van der Waals surface area contributed by atoms with Gasteiger partial charge in [0.1, 0.15) is 5.82 Å². The highest BCUT2D eigenvalue weighted by Gasteiger charge is 2.09. The van der Waals surface area contributed by atoms with E-state index in [1.165, 1.54) is 0 Å². The van der Waals surface area contributed by atoms with Crippen molar-refractivity contribution in [2.24, 2.45) is 0 Å². The van der Waals surface area contributed by atoms with Gasteiger partial charge in [0.2, 0.25) is 5.91 Å². The number of aromatic nitrogens is 2. The number of benzene rings is 1. The largest absolute Gasteiger partial charge is 0.383 e. The van der Waals surface area contributed by atoms with Crippen LogP contribution in [0.15, 0.2) is 30.5 Å². The Kier molecular flexibility index (Phi) is 6.85. The average Bonchev–Trinajstić information content (AvgIpc) is 2.93. The molecule has 0 atom stereocenters. The maximum absolute atomic E-state index is 11.9. The number of halogens is 2. The van der Waals surface area contributed by atoms with Gasteiger partial charge in [0.15, 0.2) is 0 Å². The molecule has 0 aliphatic heterocycles. The quantitative estimate of drug-likeness (QED) is 0.712. The maximum Gasteiger partial charge on any atom is 0.239 e. The van der Waals surface area contributed by atoms with E-state index in [9.17, 15) is 4.79 Å². The first-order valence-electron chi connectivity index (χ1n) is 7.05. The highest BCUT2D eigenvalue weighted by atomic mass is 35.5. The van der Waals surface area contributed by atoms with Gasteiger partial charge < -0.3 is 15.4 Å². The molecular formula is C15H18Cl2N4O2. The summed E-state index contributed by atoms with van der Waals surface area (Å²) in [7, 11) is 1.61. The van der Waals surface area contributed by atoms with Crippen LogP contribution in [0, 0.1) is 0 Å². The Hall–Kier alpha value is -1.60. The Balaban J connectivity index is 1.95. The fourth-order valence-corrected chi connectivity index (χ4v) is 2.41. The summed E-state index contributed by atoms with van der Waals surface area (Å²) in [4.78, 5) is 11.9. The third-order valence-electron chi connectivity index (χ3n) is 3.09. The number of nitrogens with one attached hydrogen (secondary N) is 2. The Morgan fingerprint density at radius 1 is 1.35 bits per heavy atom. The molecule has 23 heavy (non-hydrogen) atoms. The molecular weight excluding hydrogens is 339 g/mol. The van der Waals surface area contributed by atoms with Crippen LogP contribution in [0.5, 0.6) is 0 Å². The number of ether oxygens (including phenoxy) is 1. The van der Waals surface area contributed by atoms with Crippen molar-refractivity contribution >= 4 is 34.9 Å². The van der Waals surface area contributed by atoms with Crippen LogP contribution in [0.2, 0.25) is 10.0 Å². The second kappa shape index (κ2) is 8.88. The third-order valence-corrected chi connectivity index (χ3v) is 3.67. The number of carbonyl (C=O) groups is 1. The molecule has 0 saturated heterocycles. The first-order chi connectivity index (χ1) is 11.1. The first kappa shape index (κ1) is 17.7. The zero-order valence-corrected chi connectivity index (χ0v) is 14.2. The molecule has 0 aliphatic rings. The molecule has 124 valence electrons. The standard InChI is InChI=1S/C15H18Cl2N4O2/c1-23-7-6-18-9-15(22)20-14-4-5-19-21(14)10-11-2-3-12(16)8-13(11)17/h2-5,8,18H,6-7,9-10H2,1H3,(H,20,22). The van der Waals surface area contributed by atoms with Crippen LogP contribution in [-0.4, -0.2) is 42.5 Å². The Morgan fingerprint density at radius 2 is 2.17 bits per heavy atom. The van der Waals surface area contributed by atoms with Crippen molar-refractivity contribution in [3.05, 3.63) is 46.1 Å². The molecule has 0 spiro atoms. The number of hydrogen-bond acceptors (Lipinski definition) is 4. The average molecular weight is 357 g/mol. The van der Waals surface area contributed by atoms with Gasteiger partial charge >= 0.3 is 0 Å². The number of nitrogens with zero attached hydrogens (tertiary/aromatic N) is 2. The maximum atomic E-state index is 11.9. The zero-order chi connectivity index (χ0) is 16.7. The SMILES string of the molecule is COCCNCC(=O)Nc1ccnn1Cc1ccc(Cl)cc1Cl. The molecule has 1 heterocycles. The number of carbonyl (C=O) groups excluding carboxylic acids is 1. The second-order valence-corrected chi connectivity index (χ2v) is 5.67. The summed E-state index contributed by atoms with van der Waals surface area (Å²) >= 11 is 12.1. The lowest BCUT2D eigenvalue weighted by Gasteiger charge is -2.11. The molecule has 0 aliphatic carbocycles. The van der Waals surface area contributed by atoms with Gasteiger partial charge in [0, 0.05) is 29.8 Å². The molecule has 8 heteroatoms. The fourth-order valence-electron chi connectivity index (χ4n) is 1.94. The van der Waals surface area contributed by atoms with Gasteiger partial charge in [-0.25, -0.2) is 4.68 Å². The molecule has 1 amide bonds. The van der Waals surface area contributed by atoms with Crippen LogP contribution in [0.3, 0.4) is 0 Å². The Morgan fingerprint density at radius 3 is 2.91 bits per heavy atom. The van der Waals surface area contributed by atoms with Crippen molar-refractivity contribution in [1.29, 1.82) is 0 Å². The van der Waals surface area contributed by atoms with Gasteiger partial charge in [-0.05, 0) is 17.7 Å². The minimum absolute atomic E-state index is 0.148. The van der Waals surface area contributed by atoms with Gasteiger partial charge in [0.05, 0.1) is 25.9 Å². The normalized spacial score (nSPS) is 10.7. The van der Waals surface area contributed by atoms with E-state index < -0.39 is 0 Å². The second-order valence-electron chi connectivity index (χ2n) is 4.83. The highest BCUT2D eigenvalue weighted by Crippen LogP contribution is 2.22. The molecule has 0 fully saturated rings. The number of amides is 1. The Labute approximate surface area is 144 Å². The van der Waals surface area contributed by atoms with Crippen LogP contribution in [-0.2, 0) is 16.1 Å². The van der Waals surface area contributed by atoms with Crippen molar-refractivity contribution < 1.29 is 9.53 Å². The number of methoxy groups -OCH3 is 1. The molecule has 1 aromatic carbocycles. The molecule has 0 saturated carbocycles. The van der Waals surface area contributed by atoms with Gasteiger partial charge in [-0.1, -0.05) is 29.3 Å². The lowest BCUT2D eigenvalue weighted by Crippen LogP contribution is -2.31. The van der Waals surface area contributed by atoms with E-state index in [4.69, 9.17) is 27.9 Å². The Bertz CT molecular complexity index is 661. The molecule has 2 rings (SSSR count). The summed E-state index contributed by atoms with van der Waals surface area (Å²) in [5.74, 6) is 0.458. The van der Waals surface area contributed by atoms with E-state index in [0.717, 1.165) is 5.56 Å². The smallest absolute Gasteiger partial charge is 0.239 e. The summed E-state index contributed by atoms with van der Waals surface area (Å²) in [5.41, 5.74) is 0.869. The van der Waals surface area contributed by atoms with Crippen LogP contribution in [0.25, 0.3) is 0 Å². The van der Waals surface area contributed by atoms with Crippen molar-refractivity contribution in [3.63, 3.8) is 0 Å². The van der Waals surface area contributed by atoms with E-state index in [1.54, 1.807) is 36.2 Å². The lowest BCUT2D eigenvalue weighted by atomic mass is 10.2. The molecule has 0 bridgehead atoms. The lowest BCUT2D eigenvalue weighted by molar-refractivity contribution is -0.115. The topological polar surface area (TPSA) is 68.2 Å². The van der Waals surface area contributed by atoms with Crippen LogP contribution < -0.4 is 10.6 Å². The summed E-state index contributed by atoms with van der Waals surface area (Å²) < 4.78 is 6.57. The van der Waals surface area contributed by atoms with E-state index in [-0.39, 0.29) is 12.5 Å². The van der Waals surface area contributed by atoms with E-state index >= 15 is 0 Å². The number of anilines is 1. The molecule has 0 unspecified atom stereocenters. The number of hydrogen-bond donors (Lipinski definition) is 2.